The Kier molecular flexibility index (Phi) is 6.46. The van der Waals surface area contributed by atoms with Gasteiger partial charge in [0.25, 0.3) is 0 Å². The van der Waals surface area contributed by atoms with E-state index >= 15 is 0 Å². The van der Waals surface area contributed by atoms with Crippen LogP contribution in [0.4, 0.5) is 0 Å². The SMILES string of the molecule is COC(=O)C(=C[C@H](C)OCc1ccccc1)C(=O)OC. The van der Waals surface area contributed by atoms with E-state index in [1.165, 1.54) is 20.3 Å². The van der Waals surface area contributed by atoms with E-state index in [2.05, 4.69) is 9.47 Å². The molecule has 1 rings (SSSR count). The van der Waals surface area contributed by atoms with Crippen molar-refractivity contribution < 1.29 is 23.8 Å². The fourth-order valence-electron chi connectivity index (χ4n) is 1.52. The molecule has 1 aromatic carbocycles. The van der Waals surface area contributed by atoms with E-state index in [0.29, 0.717) is 6.61 Å². The summed E-state index contributed by atoms with van der Waals surface area (Å²) in [6.07, 6.45) is 0.962. The number of ether oxygens (including phenoxy) is 3. The Morgan fingerprint density at radius 2 is 1.65 bits per heavy atom. The molecule has 0 saturated carbocycles. The molecule has 5 nitrogen and oxygen atoms in total. The van der Waals surface area contributed by atoms with E-state index in [1.54, 1.807) is 6.92 Å². The van der Waals surface area contributed by atoms with Crippen LogP contribution in [0.15, 0.2) is 42.0 Å². The number of methoxy groups -OCH3 is 2. The summed E-state index contributed by atoms with van der Waals surface area (Å²) in [4.78, 5) is 23.0. The van der Waals surface area contributed by atoms with Gasteiger partial charge in [-0.05, 0) is 18.6 Å². The molecule has 0 aromatic heterocycles. The van der Waals surface area contributed by atoms with Gasteiger partial charge in [0.1, 0.15) is 5.57 Å². The molecule has 1 atom stereocenters. The van der Waals surface area contributed by atoms with Crippen LogP contribution in [-0.4, -0.2) is 32.3 Å². The number of benzene rings is 1. The Labute approximate surface area is 118 Å². The van der Waals surface area contributed by atoms with Crippen LogP contribution in [0.5, 0.6) is 0 Å². The molecule has 5 heteroatoms. The number of hydrogen-bond acceptors (Lipinski definition) is 5. The highest BCUT2D eigenvalue weighted by atomic mass is 16.5. The molecule has 0 N–H and O–H groups in total. The largest absolute Gasteiger partial charge is 0.465 e. The quantitative estimate of drug-likeness (QED) is 0.344. The van der Waals surface area contributed by atoms with Gasteiger partial charge in [0.2, 0.25) is 0 Å². The van der Waals surface area contributed by atoms with E-state index in [4.69, 9.17) is 4.74 Å². The monoisotopic (exact) mass is 278 g/mol. The highest BCUT2D eigenvalue weighted by Gasteiger charge is 2.20. The van der Waals surface area contributed by atoms with Gasteiger partial charge in [0.05, 0.1) is 26.9 Å². The van der Waals surface area contributed by atoms with Gasteiger partial charge in [0, 0.05) is 0 Å². The van der Waals surface area contributed by atoms with Gasteiger partial charge in [-0.15, -0.1) is 0 Å². The van der Waals surface area contributed by atoms with E-state index < -0.39 is 18.0 Å². The minimum atomic E-state index is -0.744. The van der Waals surface area contributed by atoms with Crippen molar-refractivity contribution in [2.75, 3.05) is 14.2 Å². The summed E-state index contributed by atoms with van der Waals surface area (Å²) in [6, 6.07) is 9.59. The van der Waals surface area contributed by atoms with Crippen molar-refractivity contribution in [1.82, 2.24) is 0 Å². The molecule has 0 unspecified atom stereocenters. The van der Waals surface area contributed by atoms with Crippen molar-refractivity contribution in [1.29, 1.82) is 0 Å². The average molecular weight is 278 g/mol. The zero-order valence-electron chi connectivity index (χ0n) is 11.8. The van der Waals surface area contributed by atoms with Crippen LogP contribution in [0.25, 0.3) is 0 Å². The first-order valence-corrected chi connectivity index (χ1v) is 6.12. The lowest BCUT2D eigenvalue weighted by atomic mass is 10.2. The predicted molar refractivity (Wildman–Crippen MR) is 72.8 cm³/mol. The summed E-state index contributed by atoms with van der Waals surface area (Å²) in [5, 5.41) is 0. The zero-order chi connectivity index (χ0) is 15.0. The van der Waals surface area contributed by atoms with Gasteiger partial charge >= 0.3 is 11.9 Å². The third kappa shape index (κ3) is 4.85. The molecule has 108 valence electrons. The second-order valence-corrected chi connectivity index (χ2v) is 4.07. The molecule has 0 amide bonds. The Balaban J connectivity index is 2.68. The second kappa shape index (κ2) is 8.12. The lowest BCUT2D eigenvalue weighted by molar-refractivity contribution is -0.144. The maximum Gasteiger partial charge on any atom is 0.345 e. The highest BCUT2D eigenvalue weighted by Crippen LogP contribution is 2.08. The molecule has 0 heterocycles. The molecule has 0 bridgehead atoms. The summed E-state index contributed by atoms with van der Waals surface area (Å²) in [6.45, 7) is 2.11. The number of carbonyl (C=O) groups is 2. The van der Waals surface area contributed by atoms with Crippen molar-refractivity contribution in [2.45, 2.75) is 19.6 Å². The van der Waals surface area contributed by atoms with Crippen LogP contribution in [0.2, 0.25) is 0 Å². The maximum absolute atomic E-state index is 11.5. The molecule has 0 fully saturated rings. The fourth-order valence-corrected chi connectivity index (χ4v) is 1.52. The average Bonchev–Trinajstić information content (AvgIpc) is 2.50. The number of carbonyl (C=O) groups excluding carboxylic acids is 2. The molecular formula is C15H18O5. The van der Waals surface area contributed by atoms with Crippen LogP contribution < -0.4 is 0 Å². The molecule has 20 heavy (non-hydrogen) atoms. The van der Waals surface area contributed by atoms with Crippen molar-refractivity contribution in [3.05, 3.63) is 47.5 Å². The Morgan fingerprint density at radius 1 is 1.10 bits per heavy atom. The lowest BCUT2D eigenvalue weighted by Crippen LogP contribution is -2.18. The third-order valence-electron chi connectivity index (χ3n) is 2.57. The first-order valence-electron chi connectivity index (χ1n) is 6.12. The van der Waals surface area contributed by atoms with Crippen LogP contribution >= 0.6 is 0 Å². The second-order valence-electron chi connectivity index (χ2n) is 4.07. The van der Waals surface area contributed by atoms with Gasteiger partial charge in [-0.1, -0.05) is 30.3 Å². The summed E-state index contributed by atoms with van der Waals surface area (Å²) in [7, 11) is 2.41. The molecule has 1 aromatic rings. The van der Waals surface area contributed by atoms with E-state index in [-0.39, 0.29) is 5.57 Å². The van der Waals surface area contributed by atoms with Gasteiger partial charge in [-0.2, -0.15) is 0 Å². The minimum absolute atomic E-state index is 0.171. The van der Waals surface area contributed by atoms with Crippen molar-refractivity contribution in [2.24, 2.45) is 0 Å². The fraction of sp³-hybridized carbons (Fsp3) is 0.333. The predicted octanol–water partition coefficient (Wildman–Crippen LogP) is 1.86. The topological polar surface area (TPSA) is 61.8 Å². The normalized spacial score (nSPS) is 11.3. The van der Waals surface area contributed by atoms with Gasteiger partial charge in [0.15, 0.2) is 0 Å². The Bertz CT molecular complexity index is 460. The number of hydrogen-bond donors (Lipinski definition) is 0. The van der Waals surface area contributed by atoms with Crippen molar-refractivity contribution in [3.8, 4) is 0 Å². The number of esters is 2. The molecular weight excluding hydrogens is 260 g/mol. The van der Waals surface area contributed by atoms with Crippen LogP contribution in [-0.2, 0) is 30.4 Å². The maximum atomic E-state index is 11.5. The van der Waals surface area contributed by atoms with Crippen LogP contribution in [0.1, 0.15) is 12.5 Å². The van der Waals surface area contributed by atoms with Gasteiger partial charge in [-0.25, -0.2) is 9.59 Å². The van der Waals surface area contributed by atoms with Gasteiger partial charge < -0.3 is 14.2 Å². The molecule has 0 spiro atoms. The van der Waals surface area contributed by atoms with Gasteiger partial charge in [-0.3, -0.25) is 0 Å². The molecule has 0 aliphatic carbocycles. The van der Waals surface area contributed by atoms with Crippen molar-refractivity contribution in [3.63, 3.8) is 0 Å². The van der Waals surface area contributed by atoms with E-state index in [9.17, 15) is 9.59 Å². The Morgan fingerprint density at radius 3 is 2.15 bits per heavy atom. The smallest absolute Gasteiger partial charge is 0.345 e. The summed E-state index contributed by atoms with van der Waals surface area (Å²) in [5.41, 5.74) is 0.834. The standard InChI is InChI=1S/C15H18O5/c1-11(20-10-12-7-5-4-6-8-12)9-13(14(16)18-2)15(17)19-3/h4-9,11H,10H2,1-3H3/t11-/m0/s1. The number of rotatable bonds is 6. The first kappa shape index (κ1) is 15.9. The first-order chi connectivity index (χ1) is 9.58. The van der Waals surface area contributed by atoms with Crippen molar-refractivity contribution >= 4 is 11.9 Å². The highest BCUT2D eigenvalue weighted by molar-refractivity contribution is 6.14. The molecule has 0 saturated heterocycles. The van der Waals surface area contributed by atoms with E-state index in [0.717, 1.165) is 5.56 Å². The summed E-state index contributed by atoms with van der Waals surface area (Å²) < 4.78 is 14.6. The Hall–Kier alpha value is -2.14. The van der Waals surface area contributed by atoms with E-state index in [1.807, 2.05) is 30.3 Å². The molecule has 0 aliphatic heterocycles. The van der Waals surface area contributed by atoms with Crippen LogP contribution in [0, 0.1) is 0 Å². The molecule has 0 aliphatic rings. The molecule has 0 radical (unpaired) electrons. The minimum Gasteiger partial charge on any atom is -0.465 e. The summed E-state index contributed by atoms with van der Waals surface area (Å²) in [5.74, 6) is -1.49. The van der Waals surface area contributed by atoms with Crippen LogP contribution in [0.3, 0.4) is 0 Å². The summed E-state index contributed by atoms with van der Waals surface area (Å²) >= 11 is 0. The lowest BCUT2D eigenvalue weighted by Gasteiger charge is -2.11. The zero-order valence-corrected chi connectivity index (χ0v) is 11.8. The third-order valence-corrected chi connectivity index (χ3v) is 2.57.